The Morgan fingerprint density at radius 2 is 2.22 bits per heavy atom. The summed E-state index contributed by atoms with van der Waals surface area (Å²) in [5.41, 5.74) is 0. The van der Waals surface area contributed by atoms with Gasteiger partial charge in [0.25, 0.3) is 0 Å². The Labute approximate surface area is 56.7 Å². The molecule has 0 aromatic carbocycles. The molecule has 1 aliphatic heterocycles. The second kappa shape index (κ2) is 2.53. The lowest BCUT2D eigenvalue weighted by atomic mass is 10.0. The van der Waals surface area contributed by atoms with E-state index in [0.717, 1.165) is 6.42 Å². The molecule has 0 radical (unpaired) electrons. The van der Waals surface area contributed by atoms with E-state index in [9.17, 15) is 0 Å². The molecule has 0 spiro atoms. The molecule has 1 saturated heterocycles. The maximum atomic E-state index is 5.50. The van der Waals surface area contributed by atoms with E-state index in [1.807, 2.05) is 6.08 Å². The van der Waals surface area contributed by atoms with E-state index >= 15 is 0 Å². The van der Waals surface area contributed by atoms with E-state index in [2.05, 4.69) is 20.4 Å². The summed E-state index contributed by atoms with van der Waals surface area (Å²) in [5.74, 6) is 0.702. The maximum absolute atomic E-state index is 5.50. The standard InChI is InChI=1S/C8H14O/c1-4-8-5-6(2)7(3)9-8/h4,6-8H,1,5H2,2-3H3. The van der Waals surface area contributed by atoms with Gasteiger partial charge in [0.15, 0.2) is 0 Å². The summed E-state index contributed by atoms with van der Waals surface area (Å²) in [7, 11) is 0. The Hall–Kier alpha value is -0.300. The third-order valence-electron chi connectivity index (χ3n) is 2.06. The zero-order chi connectivity index (χ0) is 6.85. The summed E-state index contributed by atoms with van der Waals surface area (Å²) in [4.78, 5) is 0. The van der Waals surface area contributed by atoms with Crippen LogP contribution < -0.4 is 0 Å². The van der Waals surface area contributed by atoms with Crippen molar-refractivity contribution in [2.45, 2.75) is 32.5 Å². The topological polar surface area (TPSA) is 9.23 Å². The fourth-order valence-electron chi connectivity index (χ4n) is 1.18. The first kappa shape index (κ1) is 6.81. The van der Waals surface area contributed by atoms with Crippen molar-refractivity contribution < 1.29 is 4.74 Å². The van der Waals surface area contributed by atoms with Gasteiger partial charge in [0, 0.05) is 0 Å². The van der Waals surface area contributed by atoms with Gasteiger partial charge < -0.3 is 4.74 Å². The molecule has 0 aromatic rings. The molecule has 0 bridgehead atoms. The van der Waals surface area contributed by atoms with Crippen LogP contribution in [-0.4, -0.2) is 12.2 Å². The van der Waals surface area contributed by atoms with Gasteiger partial charge in [-0.2, -0.15) is 0 Å². The second-order valence-electron chi connectivity index (χ2n) is 2.83. The number of hydrogen-bond acceptors (Lipinski definition) is 1. The number of ether oxygens (including phenoxy) is 1. The van der Waals surface area contributed by atoms with E-state index in [0.29, 0.717) is 18.1 Å². The number of rotatable bonds is 1. The van der Waals surface area contributed by atoms with E-state index < -0.39 is 0 Å². The Morgan fingerprint density at radius 3 is 2.44 bits per heavy atom. The van der Waals surface area contributed by atoms with Crippen LogP contribution in [0.1, 0.15) is 20.3 Å². The molecule has 1 aliphatic rings. The SMILES string of the molecule is C=CC1CC(C)C(C)O1. The lowest BCUT2D eigenvalue weighted by molar-refractivity contribution is 0.0726. The van der Waals surface area contributed by atoms with Crippen molar-refractivity contribution in [2.24, 2.45) is 5.92 Å². The molecule has 1 fully saturated rings. The van der Waals surface area contributed by atoms with Gasteiger partial charge in [-0.15, -0.1) is 6.58 Å². The molecule has 52 valence electrons. The van der Waals surface area contributed by atoms with Crippen LogP contribution in [0.2, 0.25) is 0 Å². The first-order valence-electron chi connectivity index (χ1n) is 3.52. The summed E-state index contributed by atoms with van der Waals surface area (Å²) >= 11 is 0. The highest BCUT2D eigenvalue weighted by Gasteiger charge is 2.26. The lowest BCUT2D eigenvalue weighted by Crippen LogP contribution is -2.07. The molecule has 3 unspecified atom stereocenters. The highest BCUT2D eigenvalue weighted by atomic mass is 16.5. The Bertz CT molecular complexity index is 99.1. The fourth-order valence-corrected chi connectivity index (χ4v) is 1.18. The van der Waals surface area contributed by atoms with Crippen LogP contribution in [-0.2, 0) is 4.74 Å². The lowest BCUT2D eigenvalue weighted by Gasteiger charge is -2.05. The monoisotopic (exact) mass is 126 g/mol. The summed E-state index contributed by atoms with van der Waals surface area (Å²) in [6.07, 6.45) is 3.77. The first-order chi connectivity index (χ1) is 4.24. The molecule has 0 aliphatic carbocycles. The molecule has 1 rings (SSSR count). The molecular formula is C8H14O. The van der Waals surface area contributed by atoms with Crippen molar-refractivity contribution >= 4 is 0 Å². The predicted octanol–water partition coefficient (Wildman–Crippen LogP) is 1.99. The first-order valence-corrected chi connectivity index (χ1v) is 3.52. The largest absolute Gasteiger partial charge is 0.371 e. The van der Waals surface area contributed by atoms with Gasteiger partial charge in [0.05, 0.1) is 12.2 Å². The van der Waals surface area contributed by atoms with Crippen molar-refractivity contribution in [3.8, 4) is 0 Å². The highest BCUT2D eigenvalue weighted by Crippen LogP contribution is 2.25. The summed E-state index contributed by atoms with van der Waals surface area (Å²) in [5, 5.41) is 0. The second-order valence-corrected chi connectivity index (χ2v) is 2.83. The van der Waals surface area contributed by atoms with Crippen LogP contribution in [0.4, 0.5) is 0 Å². The van der Waals surface area contributed by atoms with Gasteiger partial charge in [-0.3, -0.25) is 0 Å². The zero-order valence-corrected chi connectivity index (χ0v) is 6.13. The zero-order valence-electron chi connectivity index (χ0n) is 6.13. The van der Waals surface area contributed by atoms with Gasteiger partial charge in [0.1, 0.15) is 0 Å². The predicted molar refractivity (Wildman–Crippen MR) is 38.3 cm³/mol. The molecule has 9 heavy (non-hydrogen) atoms. The molecular weight excluding hydrogens is 112 g/mol. The van der Waals surface area contributed by atoms with E-state index in [1.54, 1.807) is 0 Å². The number of hydrogen-bond donors (Lipinski definition) is 0. The van der Waals surface area contributed by atoms with Gasteiger partial charge >= 0.3 is 0 Å². The van der Waals surface area contributed by atoms with Crippen molar-refractivity contribution in [2.75, 3.05) is 0 Å². The third-order valence-corrected chi connectivity index (χ3v) is 2.06. The van der Waals surface area contributed by atoms with Crippen LogP contribution in [0.3, 0.4) is 0 Å². The third kappa shape index (κ3) is 1.33. The normalized spacial score (nSPS) is 43.1. The summed E-state index contributed by atoms with van der Waals surface area (Å²) in [6.45, 7) is 8.02. The van der Waals surface area contributed by atoms with E-state index in [4.69, 9.17) is 4.74 Å². The fraction of sp³-hybridized carbons (Fsp3) is 0.750. The van der Waals surface area contributed by atoms with Crippen LogP contribution in [0.5, 0.6) is 0 Å². The average molecular weight is 126 g/mol. The van der Waals surface area contributed by atoms with Crippen LogP contribution in [0.25, 0.3) is 0 Å². The Morgan fingerprint density at radius 1 is 1.56 bits per heavy atom. The van der Waals surface area contributed by atoms with Gasteiger partial charge in [-0.05, 0) is 19.3 Å². The molecule has 0 amide bonds. The Balaban J connectivity index is 2.43. The van der Waals surface area contributed by atoms with Crippen molar-refractivity contribution in [1.82, 2.24) is 0 Å². The molecule has 3 atom stereocenters. The quantitative estimate of drug-likeness (QED) is 0.488. The smallest absolute Gasteiger partial charge is 0.0760 e. The minimum absolute atomic E-state index is 0.315. The van der Waals surface area contributed by atoms with Crippen molar-refractivity contribution in [3.05, 3.63) is 12.7 Å². The van der Waals surface area contributed by atoms with E-state index in [1.165, 1.54) is 0 Å². The Kier molecular flexibility index (Phi) is 1.91. The van der Waals surface area contributed by atoms with Crippen LogP contribution in [0, 0.1) is 5.92 Å². The summed E-state index contributed by atoms with van der Waals surface area (Å²) < 4.78 is 5.50. The van der Waals surface area contributed by atoms with Gasteiger partial charge in [0.2, 0.25) is 0 Å². The highest BCUT2D eigenvalue weighted by molar-refractivity contribution is 4.88. The molecule has 0 N–H and O–H groups in total. The van der Waals surface area contributed by atoms with Crippen LogP contribution in [0.15, 0.2) is 12.7 Å². The average Bonchev–Trinajstić information content (AvgIpc) is 2.13. The van der Waals surface area contributed by atoms with Gasteiger partial charge in [-0.1, -0.05) is 13.0 Å². The molecule has 1 heteroatoms. The minimum atomic E-state index is 0.315. The molecule has 1 heterocycles. The molecule has 0 saturated carbocycles. The maximum Gasteiger partial charge on any atom is 0.0760 e. The van der Waals surface area contributed by atoms with Crippen LogP contribution >= 0.6 is 0 Å². The minimum Gasteiger partial charge on any atom is -0.371 e. The summed E-state index contributed by atoms with van der Waals surface area (Å²) in [6, 6.07) is 0. The molecule has 0 aromatic heterocycles. The van der Waals surface area contributed by atoms with Gasteiger partial charge in [-0.25, -0.2) is 0 Å². The van der Waals surface area contributed by atoms with Crippen molar-refractivity contribution in [1.29, 1.82) is 0 Å². The molecule has 1 nitrogen and oxygen atoms in total. The van der Waals surface area contributed by atoms with E-state index in [-0.39, 0.29) is 0 Å². The van der Waals surface area contributed by atoms with Crippen molar-refractivity contribution in [3.63, 3.8) is 0 Å².